The zero-order valence-electron chi connectivity index (χ0n) is 7.79. The first kappa shape index (κ1) is 11.8. The maximum atomic E-state index is 12.9. The van der Waals surface area contributed by atoms with Gasteiger partial charge < -0.3 is 0 Å². The van der Waals surface area contributed by atoms with E-state index in [-0.39, 0.29) is 16.5 Å². The average Bonchev–Trinajstić information content (AvgIpc) is 2.15. The Morgan fingerprint density at radius 3 is 2.67 bits per heavy atom. The number of carbonyl (C=O) groups is 1. The normalized spacial score (nSPS) is 10.1. The van der Waals surface area contributed by atoms with E-state index in [1.54, 1.807) is 0 Å². The summed E-state index contributed by atoms with van der Waals surface area (Å²) in [5.74, 6) is -1.15. The van der Waals surface area contributed by atoms with Crippen molar-refractivity contribution in [1.29, 1.82) is 0 Å². The Labute approximate surface area is 93.4 Å². The first-order chi connectivity index (χ1) is 6.97. The van der Waals surface area contributed by atoms with Gasteiger partial charge in [0.25, 0.3) is 5.69 Å². The number of hydrogen-bond donors (Lipinski definition) is 0. The number of carbonyl (C=O) groups excluding carboxylic acids is 1. The van der Waals surface area contributed by atoms with Crippen molar-refractivity contribution in [3.63, 3.8) is 0 Å². The Balaban J connectivity index is 3.46. The minimum absolute atomic E-state index is 0.0275. The van der Waals surface area contributed by atoms with Gasteiger partial charge in [0.2, 0.25) is 0 Å². The van der Waals surface area contributed by atoms with Crippen molar-refractivity contribution in [3.05, 3.63) is 39.2 Å². The molecule has 0 unspecified atom stereocenters. The molecule has 0 aliphatic carbocycles. The van der Waals surface area contributed by atoms with Crippen LogP contribution in [0.2, 0.25) is 0 Å². The zero-order chi connectivity index (χ0) is 11.6. The van der Waals surface area contributed by atoms with E-state index >= 15 is 0 Å². The highest BCUT2D eigenvalue weighted by Crippen LogP contribution is 2.24. The molecule has 0 spiro atoms. The lowest BCUT2D eigenvalue weighted by Crippen LogP contribution is -2.08. The molecule has 0 aliphatic rings. The molecule has 6 heteroatoms. The number of nitro groups is 1. The lowest BCUT2D eigenvalue weighted by Gasteiger charge is -2.04. The van der Waals surface area contributed by atoms with Crippen molar-refractivity contribution in [1.82, 2.24) is 0 Å². The van der Waals surface area contributed by atoms with Crippen LogP contribution in [0.4, 0.5) is 10.1 Å². The van der Waals surface area contributed by atoms with Gasteiger partial charge in [0.1, 0.15) is 5.82 Å². The van der Waals surface area contributed by atoms with Crippen LogP contribution in [0.3, 0.4) is 0 Å². The van der Waals surface area contributed by atoms with Crippen LogP contribution in [0.15, 0.2) is 12.1 Å². The third-order valence-corrected chi connectivity index (χ3v) is 2.39. The summed E-state index contributed by atoms with van der Waals surface area (Å²) >= 11 is 2.92. The van der Waals surface area contributed by atoms with Gasteiger partial charge in [-0.25, -0.2) is 4.39 Å². The van der Waals surface area contributed by atoms with Crippen molar-refractivity contribution in [3.8, 4) is 0 Å². The molecule has 0 fully saturated rings. The third kappa shape index (κ3) is 2.38. The second-order valence-electron chi connectivity index (χ2n) is 2.93. The van der Waals surface area contributed by atoms with Gasteiger partial charge in [-0.1, -0.05) is 15.9 Å². The number of ketones is 1. The second kappa shape index (κ2) is 4.48. The highest BCUT2D eigenvalue weighted by Gasteiger charge is 2.22. The van der Waals surface area contributed by atoms with Gasteiger partial charge in [-0.2, -0.15) is 0 Å². The van der Waals surface area contributed by atoms with Gasteiger partial charge in [0.05, 0.1) is 21.9 Å². The predicted octanol–water partition coefficient (Wildman–Crippen LogP) is 2.62. The van der Waals surface area contributed by atoms with E-state index in [4.69, 9.17) is 0 Å². The van der Waals surface area contributed by atoms with Gasteiger partial charge in [0, 0.05) is 0 Å². The summed E-state index contributed by atoms with van der Waals surface area (Å²) in [6, 6.07) is 1.85. The minimum atomic E-state index is -0.758. The van der Waals surface area contributed by atoms with Gasteiger partial charge in [-0.3, -0.25) is 14.9 Å². The van der Waals surface area contributed by atoms with Crippen molar-refractivity contribution >= 4 is 27.4 Å². The standard InChI is InChI=1S/C9H7BrFNO3/c1-5-2-6(11)3-7(12(14)15)9(5)8(13)4-10/h2-3H,4H2,1H3. The molecule has 80 valence electrons. The Kier molecular flexibility index (Phi) is 3.52. The number of benzene rings is 1. The van der Waals surface area contributed by atoms with Crippen LogP contribution < -0.4 is 0 Å². The fourth-order valence-electron chi connectivity index (χ4n) is 1.30. The Hall–Kier alpha value is -1.30. The summed E-state index contributed by atoms with van der Waals surface area (Å²) in [7, 11) is 0. The molecule has 1 aromatic carbocycles. The fraction of sp³-hybridized carbons (Fsp3) is 0.222. The maximum Gasteiger partial charge on any atom is 0.283 e. The van der Waals surface area contributed by atoms with Crippen molar-refractivity contribution in [2.45, 2.75) is 6.92 Å². The average molecular weight is 276 g/mol. The quantitative estimate of drug-likeness (QED) is 0.369. The number of Topliss-reactive ketones (excluding diaryl/α,β-unsaturated/α-hetero) is 1. The number of aryl methyl sites for hydroxylation is 1. The molecule has 0 aliphatic heterocycles. The fourth-order valence-corrected chi connectivity index (χ4v) is 1.58. The van der Waals surface area contributed by atoms with Crippen LogP contribution in [0.25, 0.3) is 0 Å². The topological polar surface area (TPSA) is 60.2 Å². The van der Waals surface area contributed by atoms with Crippen LogP contribution in [-0.4, -0.2) is 16.0 Å². The first-order valence-electron chi connectivity index (χ1n) is 4.01. The summed E-state index contributed by atoms with van der Waals surface area (Å²) in [6.07, 6.45) is 0. The molecule has 15 heavy (non-hydrogen) atoms. The molecule has 0 N–H and O–H groups in total. The molecule has 0 amide bonds. The number of rotatable bonds is 3. The van der Waals surface area contributed by atoms with Gasteiger partial charge in [0.15, 0.2) is 5.78 Å². The van der Waals surface area contributed by atoms with E-state index in [0.29, 0.717) is 0 Å². The van der Waals surface area contributed by atoms with Gasteiger partial charge in [-0.15, -0.1) is 0 Å². The van der Waals surface area contributed by atoms with Crippen LogP contribution in [-0.2, 0) is 0 Å². The van der Waals surface area contributed by atoms with E-state index in [1.807, 2.05) is 0 Å². The lowest BCUT2D eigenvalue weighted by molar-refractivity contribution is -0.385. The maximum absolute atomic E-state index is 12.9. The summed E-state index contributed by atoms with van der Waals surface area (Å²) < 4.78 is 12.9. The Bertz CT molecular complexity index is 434. The number of nitro benzene ring substituents is 1. The van der Waals surface area contributed by atoms with Crippen LogP contribution >= 0.6 is 15.9 Å². The van der Waals surface area contributed by atoms with Crippen LogP contribution in [0.1, 0.15) is 15.9 Å². The number of halogens is 2. The summed E-state index contributed by atoms with van der Waals surface area (Å²) in [5, 5.41) is 10.6. The minimum Gasteiger partial charge on any atom is -0.293 e. The first-order valence-corrected chi connectivity index (χ1v) is 5.13. The highest BCUT2D eigenvalue weighted by atomic mass is 79.9. The molecule has 0 saturated carbocycles. The van der Waals surface area contributed by atoms with Gasteiger partial charge in [-0.05, 0) is 18.6 Å². The molecule has 0 bridgehead atoms. The van der Waals surface area contributed by atoms with Crippen LogP contribution in [0.5, 0.6) is 0 Å². The SMILES string of the molecule is Cc1cc(F)cc([N+](=O)[O-])c1C(=O)CBr. The number of alkyl halides is 1. The zero-order valence-corrected chi connectivity index (χ0v) is 9.38. The molecule has 0 saturated heterocycles. The highest BCUT2D eigenvalue weighted by molar-refractivity contribution is 9.09. The molecule has 1 aromatic rings. The van der Waals surface area contributed by atoms with Crippen molar-refractivity contribution in [2.24, 2.45) is 0 Å². The van der Waals surface area contributed by atoms with E-state index < -0.39 is 22.2 Å². The number of hydrogen-bond acceptors (Lipinski definition) is 3. The molecule has 0 radical (unpaired) electrons. The molecule has 0 aromatic heterocycles. The van der Waals surface area contributed by atoms with Crippen molar-refractivity contribution in [2.75, 3.05) is 5.33 Å². The van der Waals surface area contributed by atoms with Gasteiger partial charge >= 0.3 is 0 Å². The van der Waals surface area contributed by atoms with Crippen LogP contribution in [0, 0.1) is 22.9 Å². The lowest BCUT2D eigenvalue weighted by atomic mass is 10.0. The summed E-state index contributed by atoms with van der Waals surface area (Å²) in [6.45, 7) is 1.46. The largest absolute Gasteiger partial charge is 0.293 e. The molecule has 0 atom stereocenters. The summed E-state index contributed by atoms with van der Waals surface area (Å²) in [4.78, 5) is 21.3. The molecule has 4 nitrogen and oxygen atoms in total. The second-order valence-corrected chi connectivity index (χ2v) is 3.49. The van der Waals surface area contributed by atoms with E-state index in [1.165, 1.54) is 6.92 Å². The third-order valence-electron chi connectivity index (χ3n) is 1.88. The molecule has 0 heterocycles. The number of nitrogens with zero attached hydrogens (tertiary/aromatic N) is 1. The smallest absolute Gasteiger partial charge is 0.283 e. The van der Waals surface area contributed by atoms with E-state index in [0.717, 1.165) is 12.1 Å². The molecular formula is C9H7BrFNO3. The van der Waals surface area contributed by atoms with E-state index in [9.17, 15) is 19.3 Å². The predicted molar refractivity (Wildman–Crippen MR) is 55.9 cm³/mol. The molecule has 1 rings (SSSR count). The Morgan fingerprint density at radius 2 is 2.20 bits per heavy atom. The Morgan fingerprint density at radius 1 is 1.60 bits per heavy atom. The summed E-state index contributed by atoms with van der Waals surface area (Å²) in [5.41, 5.74) is -0.263. The monoisotopic (exact) mass is 275 g/mol. The van der Waals surface area contributed by atoms with Crippen molar-refractivity contribution < 1.29 is 14.1 Å². The van der Waals surface area contributed by atoms with E-state index in [2.05, 4.69) is 15.9 Å². The molecular weight excluding hydrogens is 269 g/mol.